The van der Waals surface area contributed by atoms with Crippen LogP contribution in [-0.2, 0) is 88.5 Å². The number of amides is 3. The predicted molar refractivity (Wildman–Crippen MR) is 257 cm³/mol. The molecule has 27 nitrogen and oxygen atoms in total. The number of carbonyl (C=O) groups is 5. The third kappa shape index (κ3) is 9.60. The number of aliphatic carboxylic acids is 1. The van der Waals surface area contributed by atoms with Crippen LogP contribution in [-0.4, -0.2) is 167 Å². The average molecular weight is 1110 g/mol. The van der Waals surface area contributed by atoms with E-state index in [1.807, 2.05) is 0 Å². The molecule has 3 aromatic heterocycles. The highest BCUT2D eigenvalue weighted by atomic mass is 32.3. The number of benzene rings is 2. The molecule has 10 rings (SSSR count). The Morgan fingerprint density at radius 3 is 2.41 bits per heavy atom. The first kappa shape index (κ1) is 53.6. The standard InChI is InChI=1S/C49H48FN7O20S/c1-3-49(69)29-15-32-38-27(19-56(32)45(65)28(29)21-73-48(49)68)25-12-22(20-58)13-26-37(25)31(51-38)16-30(50)42(26)77-78(70,71)76-34-14-23(4-5-33(34)74-47-41(63)39(61)40(62)43(75-47)46(66)67)44(64)54(2)8-10-72-11-9-55-17-24(52-53-55)18-57-35(59)6-7-36(57)60/h4-7,14-17,22,39-41,43,47,58,61-63,69H,3,8-13,18-21H2,1-2H3,(H,66,67)/t22?,39-,40-,41+,43-,47+,49-/m0/s1. The number of imide groups is 1. The van der Waals surface area contributed by atoms with Gasteiger partial charge in [-0.2, -0.15) is 0 Å². The van der Waals surface area contributed by atoms with E-state index in [0.29, 0.717) is 16.8 Å². The molecule has 29 heteroatoms. The summed E-state index contributed by atoms with van der Waals surface area (Å²) in [7, 11) is -4.15. The SMILES string of the molecule is CC[C@@]1(O)C(=O)OCc2c1cc1n(c2=O)Cc2c-1nc1cc(F)c(OS(=O)(=O)Oc3cc(C(=O)N(C)CCOCCn4cc(CN5C(=O)C=CC5=O)nn4)ccc3O[C@@H]3O[C@H](C(=O)O)[C@@H](O)[C@H](O)[C@H]3O)c3c1c2CC(CO)C3. The molecule has 5 aromatic rings. The Morgan fingerprint density at radius 2 is 1.69 bits per heavy atom. The van der Waals surface area contributed by atoms with E-state index in [0.717, 1.165) is 41.3 Å². The van der Waals surface area contributed by atoms with Gasteiger partial charge in [-0.25, -0.2) is 23.6 Å². The number of carbonyl (C=O) groups excluding carboxylic acids is 4. The first-order valence-corrected chi connectivity index (χ1v) is 25.5. The summed E-state index contributed by atoms with van der Waals surface area (Å²) in [6.45, 7) is 0.742. The zero-order valence-corrected chi connectivity index (χ0v) is 42.0. The fourth-order valence-corrected chi connectivity index (χ4v) is 10.8. The predicted octanol–water partition coefficient (Wildman–Crippen LogP) is -1.30. The molecule has 0 radical (unpaired) electrons. The van der Waals surface area contributed by atoms with Crippen LogP contribution in [0.2, 0.25) is 0 Å². The van der Waals surface area contributed by atoms with Crippen molar-refractivity contribution in [1.29, 1.82) is 0 Å². The number of carboxylic acids is 1. The van der Waals surface area contributed by atoms with Gasteiger partial charge in [-0.15, -0.1) is 13.5 Å². The number of halogens is 1. The molecule has 3 amide bonds. The van der Waals surface area contributed by atoms with Crippen LogP contribution in [0.3, 0.4) is 0 Å². The third-order valence-electron chi connectivity index (χ3n) is 14.2. The summed E-state index contributed by atoms with van der Waals surface area (Å²) in [4.78, 5) is 83.1. The topological polar surface area (TPSA) is 368 Å². The van der Waals surface area contributed by atoms with Gasteiger partial charge in [0.1, 0.15) is 30.6 Å². The number of hydrogen-bond donors (Lipinski definition) is 6. The van der Waals surface area contributed by atoms with E-state index < -0.39 is 124 Å². The zero-order valence-electron chi connectivity index (χ0n) is 41.2. The van der Waals surface area contributed by atoms with E-state index in [4.69, 9.17) is 32.3 Å². The molecular formula is C49H48FN7O20S. The number of likely N-dealkylation sites (N-methyl/N-ethyl adjacent to an activating group) is 1. The number of nitrogens with zero attached hydrogens (tertiary/aromatic N) is 7. The van der Waals surface area contributed by atoms with E-state index in [1.165, 1.54) is 33.5 Å². The number of fused-ring (bicyclic) bond motifs is 5. The number of hydrogen-bond acceptors (Lipinski definition) is 22. The summed E-state index contributed by atoms with van der Waals surface area (Å²) >= 11 is 0. The quantitative estimate of drug-likeness (QED) is 0.0331. The van der Waals surface area contributed by atoms with Crippen LogP contribution < -0.4 is 18.7 Å². The van der Waals surface area contributed by atoms with Crippen molar-refractivity contribution in [3.8, 4) is 28.6 Å². The van der Waals surface area contributed by atoms with Gasteiger partial charge in [-0.1, -0.05) is 12.1 Å². The van der Waals surface area contributed by atoms with Crippen LogP contribution in [0.1, 0.15) is 57.2 Å². The Hall–Kier alpha value is -7.77. The van der Waals surface area contributed by atoms with Crippen molar-refractivity contribution in [3.63, 3.8) is 0 Å². The highest BCUT2D eigenvalue weighted by Crippen LogP contribution is 2.46. The fourth-order valence-electron chi connectivity index (χ4n) is 10.0. The van der Waals surface area contributed by atoms with Gasteiger partial charge in [0.05, 0.1) is 61.5 Å². The summed E-state index contributed by atoms with van der Waals surface area (Å²) in [5.41, 5.74) is -1.17. The van der Waals surface area contributed by atoms with Crippen molar-refractivity contribution >= 4 is 51.0 Å². The molecule has 7 heterocycles. The second kappa shape index (κ2) is 20.6. The van der Waals surface area contributed by atoms with Crippen molar-refractivity contribution in [2.24, 2.45) is 5.92 Å². The Balaban J connectivity index is 0.913. The molecule has 0 spiro atoms. The highest BCUT2D eigenvalue weighted by Gasteiger charge is 2.49. The van der Waals surface area contributed by atoms with Gasteiger partial charge >= 0.3 is 22.3 Å². The lowest BCUT2D eigenvalue weighted by Gasteiger charge is -2.38. The molecule has 1 fully saturated rings. The van der Waals surface area contributed by atoms with Crippen LogP contribution in [0.5, 0.6) is 17.2 Å². The Kier molecular flexibility index (Phi) is 14.1. The summed E-state index contributed by atoms with van der Waals surface area (Å²) in [5, 5.41) is 71.2. The molecule has 1 saturated heterocycles. The van der Waals surface area contributed by atoms with Crippen LogP contribution in [0, 0.1) is 11.7 Å². The molecule has 2 aromatic carbocycles. The minimum atomic E-state index is -5.54. The van der Waals surface area contributed by atoms with Gasteiger partial charge in [-0.3, -0.25) is 24.1 Å². The smallest absolute Gasteiger partial charge is 0.479 e. The van der Waals surface area contributed by atoms with E-state index in [-0.39, 0.29) is 103 Å². The Morgan fingerprint density at radius 1 is 0.949 bits per heavy atom. The lowest BCUT2D eigenvalue weighted by Crippen LogP contribution is -2.61. The van der Waals surface area contributed by atoms with Crippen molar-refractivity contribution in [2.45, 2.75) is 88.7 Å². The Bertz CT molecular complexity index is 3530. The van der Waals surface area contributed by atoms with Crippen LogP contribution in [0.25, 0.3) is 22.3 Å². The highest BCUT2D eigenvalue weighted by molar-refractivity contribution is 7.82. The summed E-state index contributed by atoms with van der Waals surface area (Å²) in [6, 6.07) is 5.37. The van der Waals surface area contributed by atoms with Crippen LogP contribution in [0.15, 0.2) is 53.5 Å². The largest absolute Gasteiger partial charge is 0.501 e. The lowest BCUT2D eigenvalue weighted by atomic mass is 9.80. The van der Waals surface area contributed by atoms with Crippen molar-refractivity contribution in [3.05, 3.63) is 104 Å². The minimum Gasteiger partial charge on any atom is -0.479 e. The lowest BCUT2D eigenvalue weighted by molar-refractivity contribution is -0.271. The molecular weight excluding hydrogens is 1060 g/mol. The molecule has 5 aliphatic rings. The number of pyridine rings is 2. The van der Waals surface area contributed by atoms with E-state index >= 15 is 4.39 Å². The number of ether oxygens (including phenoxy) is 4. The second-order valence-electron chi connectivity index (χ2n) is 19.0. The summed E-state index contributed by atoms with van der Waals surface area (Å²) in [5.74, 6) is -8.70. The maximum atomic E-state index is 16.6. The summed E-state index contributed by atoms with van der Waals surface area (Å²) in [6.07, 6.45) is -6.97. The molecule has 0 saturated carbocycles. The minimum absolute atomic E-state index is 0.00559. The van der Waals surface area contributed by atoms with Crippen molar-refractivity contribution < 1.29 is 94.7 Å². The number of carboxylic acid groups (broad SMARTS) is 1. The number of aliphatic hydroxyl groups is 5. The van der Waals surface area contributed by atoms with Gasteiger partial charge in [0.25, 0.3) is 23.3 Å². The van der Waals surface area contributed by atoms with Gasteiger partial charge < -0.3 is 67.4 Å². The Labute approximate surface area is 439 Å². The molecule has 78 heavy (non-hydrogen) atoms. The van der Waals surface area contributed by atoms with Crippen molar-refractivity contribution in [2.75, 3.05) is 33.4 Å². The van der Waals surface area contributed by atoms with E-state index in [2.05, 4.69) is 10.3 Å². The molecule has 1 aliphatic carbocycles. The summed E-state index contributed by atoms with van der Waals surface area (Å²) < 4.78 is 80.2. The molecule has 6 N–H and O–H groups in total. The number of rotatable bonds is 18. The first-order valence-electron chi connectivity index (χ1n) is 24.2. The van der Waals surface area contributed by atoms with Crippen LogP contribution >= 0.6 is 0 Å². The number of aliphatic hydroxyl groups excluding tert-OH is 4. The molecule has 412 valence electrons. The van der Waals surface area contributed by atoms with Crippen molar-refractivity contribution in [1.82, 2.24) is 34.3 Å². The van der Waals surface area contributed by atoms with E-state index in [1.54, 1.807) is 6.92 Å². The first-order chi connectivity index (χ1) is 37.1. The third-order valence-corrected chi connectivity index (χ3v) is 14.9. The normalized spacial score (nSPS) is 23.2. The molecule has 1 unspecified atom stereocenters. The second-order valence-corrected chi connectivity index (χ2v) is 20.2. The fraction of sp³-hybridized carbons (Fsp3) is 0.408. The number of aromatic nitrogens is 5. The van der Waals surface area contributed by atoms with Gasteiger partial charge in [0.15, 0.2) is 34.8 Å². The maximum absolute atomic E-state index is 16.6. The van der Waals surface area contributed by atoms with E-state index in [9.17, 15) is 67.8 Å². The average Bonchev–Trinajstić information content (AvgIpc) is 4.29. The molecule has 4 aliphatic heterocycles. The van der Waals surface area contributed by atoms with Crippen LogP contribution in [0.4, 0.5) is 4.39 Å². The zero-order chi connectivity index (χ0) is 55.7. The van der Waals surface area contributed by atoms with Gasteiger partial charge in [0, 0.05) is 66.1 Å². The molecule has 0 bridgehead atoms. The number of cyclic esters (lactones) is 1. The maximum Gasteiger partial charge on any atom is 0.501 e. The van der Waals surface area contributed by atoms with Gasteiger partial charge in [0.2, 0.25) is 6.29 Å². The van der Waals surface area contributed by atoms with Gasteiger partial charge in [-0.05, 0) is 55.0 Å². The number of esters is 1. The molecule has 7 atom stereocenters. The monoisotopic (exact) mass is 1110 g/mol.